The van der Waals surface area contributed by atoms with Crippen molar-refractivity contribution in [1.82, 2.24) is 25.1 Å². The molecule has 0 aliphatic heterocycles. The van der Waals surface area contributed by atoms with Crippen LogP contribution >= 0.6 is 12.4 Å². The van der Waals surface area contributed by atoms with Gasteiger partial charge in [-0.15, -0.1) is 12.4 Å². The Balaban J connectivity index is 0.00000256. The van der Waals surface area contributed by atoms with Crippen LogP contribution < -0.4 is 15.5 Å². The van der Waals surface area contributed by atoms with Gasteiger partial charge in [-0.1, -0.05) is 0 Å². The summed E-state index contributed by atoms with van der Waals surface area (Å²) in [5, 5.41) is 14.2. The third-order valence-corrected chi connectivity index (χ3v) is 4.44. The fourth-order valence-electron chi connectivity index (χ4n) is 2.95. The summed E-state index contributed by atoms with van der Waals surface area (Å²) in [7, 11) is 1.89. The van der Waals surface area contributed by atoms with Crippen LogP contribution in [0.15, 0.2) is 48.8 Å². The van der Waals surface area contributed by atoms with Crippen LogP contribution in [0.4, 0.5) is 29.0 Å². The first-order valence-corrected chi connectivity index (χ1v) is 9.02. The molecule has 4 rings (SSSR count). The first kappa shape index (κ1) is 21.0. The molecule has 0 fully saturated rings. The van der Waals surface area contributed by atoms with Gasteiger partial charge in [0.05, 0.1) is 11.2 Å². The number of aryl methyl sites for hydroxylation is 1. The number of hydrogen-bond acceptors (Lipinski definition) is 7. The second kappa shape index (κ2) is 8.75. The summed E-state index contributed by atoms with van der Waals surface area (Å²) in [5.41, 5.74) is 4.37. The van der Waals surface area contributed by atoms with E-state index in [0.717, 1.165) is 33.7 Å². The molecule has 10 heteroatoms. The number of hydrogen-bond donors (Lipinski definition) is 3. The molecule has 0 atom stereocenters. The molecule has 0 aliphatic carbocycles. The molecule has 0 bridgehead atoms. The molecule has 30 heavy (non-hydrogen) atoms. The van der Waals surface area contributed by atoms with Crippen molar-refractivity contribution in [2.24, 2.45) is 0 Å². The standard InChI is InChI=1S/C20H20N8O.ClH/c1-12-17-9-8-16(10-18(17)27-26-12)28(3)20-22-11-21-19(25-20)24-15-6-4-14(5-7-15)23-13(2)29;/h4-11H,1-3H3,(H,23,29)(H,26,27)(H,21,22,24,25);1H. The second-order valence-electron chi connectivity index (χ2n) is 6.59. The number of carbonyl (C=O) groups is 1. The number of nitrogens with zero attached hydrogens (tertiary/aromatic N) is 5. The van der Waals surface area contributed by atoms with Crippen molar-refractivity contribution in [3.05, 3.63) is 54.5 Å². The number of fused-ring (bicyclic) bond motifs is 1. The van der Waals surface area contributed by atoms with Gasteiger partial charge in [-0.3, -0.25) is 9.89 Å². The van der Waals surface area contributed by atoms with E-state index in [0.29, 0.717) is 11.9 Å². The van der Waals surface area contributed by atoms with Crippen LogP contribution in [0.1, 0.15) is 12.6 Å². The van der Waals surface area contributed by atoms with Crippen molar-refractivity contribution in [2.45, 2.75) is 13.8 Å². The second-order valence-corrected chi connectivity index (χ2v) is 6.59. The van der Waals surface area contributed by atoms with Crippen LogP contribution in [0.25, 0.3) is 10.9 Å². The highest BCUT2D eigenvalue weighted by molar-refractivity contribution is 5.89. The number of anilines is 5. The average molecular weight is 425 g/mol. The van der Waals surface area contributed by atoms with E-state index >= 15 is 0 Å². The zero-order chi connectivity index (χ0) is 20.4. The largest absolute Gasteiger partial charge is 0.326 e. The Labute approximate surface area is 179 Å². The number of halogens is 1. The average Bonchev–Trinajstić information content (AvgIpc) is 3.09. The van der Waals surface area contributed by atoms with Gasteiger partial charge in [0, 0.05) is 36.4 Å². The highest BCUT2D eigenvalue weighted by Gasteiger charge is 2.11. The number of aromatic amines is 1. The van der Waals surface area contributed by atoms with E-state index in [1.165, 1.54) is 13.3 Å². The number of H-pyrrole nitrogens is 1. The minimum Gasteiger partial charge on any atom is -0.326 e. The Hall–Kier alpha value is -3.72. The predicted molar refractivity (Wildman–Crippen MR) is 120 cm³/mol. The Bertz CT molecular complexity index is 1180. The van der Waals surface area contributed by atoms with Gasteiger partial charge in [-0.2, -0.15) is 10.1 Å². The van der Waals surface area contributed by atoms with Gasteiger partial charge in [0.15, 0.2) is 0 Å². The summed E-state index contributed by atoms with van der Waals surface area (Å²) < 4.78 is 0. The fraction of sp³-hybridized carbons (Fsp3) is 0.150. The zero-order valence-electron chi connectivity index (χ0n) is 16.7. The van der Waals surface area contributed by atoms with Crippen molar-refractivity contribution in [3.63, 3.8) is 0 Å². The van der Waals surface area contributed by atoms with Gasteiger partial charge in [-0.25, -0.2) is 9.97 Å². The molecule has 3 N–H and O–H groups in total. The van der Waals surface area contributed by atoms with Gasteiger partial charge in [0.1, 0.15) is 6.33 Å². The van der Waals surface area contributed by atoms with Crippen molar-refractivity contribution < 1.29 is 4.79 Å². The molecule has 4 aromatic rings. The lowest BCUT2D eigenvalue weighted by Crippen LogP contribution is -2.14. The summed E-state index contributed by atoms with van der Waals surface area (Å²) in [6.45, 7) is 3.44. The van der Waals surface area contributed by atoms with E-state index in [9.17, 15) is 4.79 Å². The van der Waals surface area contributed by atoms with Crippen LogP contribution in [-0.2, 0) is 4.79 Å². The SMILES string of the molecule is CC(=O)Nc1ccc(Nc2ncnc(N(C)c3ccc4c(C)n[nH]c4c3)n2)cc1.Cl. The quantitative estimate of drug-likeness (QED) is 0.444. The molecule has 0 aliphatic rings. The highest BCUT2D eigenvalue weighted by atomic mass is 35.5. The Morgan fingerprint density at radius 1 is 1.07 bits per heavy atom. The van der Waals surface area contributed by atoms with Gasteiger partial charge in [0.25, 0.3) is 0 Å². The Morgan fingerprint density at radius 2 is 1.80 bits per heavy atom. The Kier molecular flexibility index (Phi) is 6.12. The van der Waals surface area contributed by atoms with Crippen molar-refractivity contribution in [3.8, 4) is 0 Å². The molecular weight excluding hydrogens is 404 g/mol. The first-order valence-electron chi connectivity index (χ1n) is 9.02. The number of carbonyl (C=O) groups excluding carboxylic acids is 1. The molecule has 0 unspecified atom stereocenters. The Morgan fingerprint density at radius 3 is 2.53 bits per heavy atom. The minimum absolute atomic E-state index is 0. The van der Waals surface area contributed by atoms with Gasteiger partial charge >= 0.3 is 0 Å². The maximum absolute atomic E-state index is 11.1. The first-order chi connectivity index (χ1) is 14.0. The summed E-state index contributed by atoms with van der Waals surface area (Å²) in [6.07, 6.45) is 1.46. The van der Waals surface area contributed by atoms with Crippen molar-refractivity contribution in [1.29, 1.82) is 0 Å². The summed E-state index contributed by atoms with van der Waals surface area (Å²) >= 11 is 0. The summed E-state index contributed by atoms with van der Waals surface area (Å²) in [4.78, 5) is 26.0. The number of nitrogens with one attached hydrogen (secondary N) is 3. The normalized spacial score (nSPS) is 10.4. The number of amides is 1. The molecule has 0 spiro atoms. The van der Waals surface area contributed by atoms with E-state index in [4.69, 9.17) is 0 Å². The molecule has 1 amide bonds. The topological polar surface area (TPSA) is 112 Å². The molecule has 0 saturated carbocycles. The minimum atomic E-state index is -0.112. The van der Waals surface area contributed by atoms with E-state index in [2.05, 4.69) is 35.8 Å². The van der Waals surface area contributed by atoms with Crippen LogP contribution in [0.5, 0.6) is 0 Å². The monoisotopic (exact) mass is 424 g/mol. The molecule has 0 radical (unpaired) electrons. The number of benzene rings is 2. The molecular formula is C20H21ClN8O. The maximum atomic E-state index is 11.1. The molecule has 0 saturated heterocycles. The lowest BCUT2D eigenvalue weighted by molar-refractivity contribution is -0.114. The lowest BCUT2D eigenvalue weighted by Gasteiger charge is -2.17. The van der Waals surface area contributed by atoms with E-state index in [1.807, 2.05) is 49.2 Å². The van der Waals surface area contributed by atoms with Gasteiger partial charge in [-0.05, 0) is 49.4 Å². The molecule has 9 nitrogen and oxygen atoms in total. The van der Waals surface area contributed by atoms with Crippen molar-refractivity contribution in [2.75, 3.05) is 22.6 Å². The fourth-order valence-corrected chi connectivity index (χ4v) is 2.95. The predicted octanol–water partition coefficient (Wildman–Crippen LogP) is 3.95. The summed E-state index contributed by atoms with van der Waals surface area (Å²) in [5.74, 6) is 0.819. The van der Waals surface area contributed by atoms with Crippen LogP contribution in [0, 0.1) is 6.92 Å². The molecule has 2 aromatic carbocycles. The van der Waals surface area contributed by atoms with Crippen LogP contribution in [-0.4, -0.2) is 38.1 Å². The molecule has 154 valence electrons. The van der Waals surface area contributed by atoms with Crippen LogP contribution in [0.3, 0.4) is 0 Å². The number of aromatic nitrogens is 5. The zero-order valence-corrected chi connectivity index (χ0v) is 17.5. The molecule has 2 aromatic heterocycles. The van der Waals surface area contributed by atoms with Crippen molar-refractivity contribution >= 4 is 58.2 Å². The van der Waals surface area contributed by atoms with Gasteiger partial charge < -0.3 is 15.5 Å². The van der Waals surface area contributed by atoms with Crippen LogP contribution in [0.2, 0.25) is 0 Å². The highest BCUT2D eigenvalue weighted by Crippen LogP contribution is 2.26. The third kappa shape index (κ3) is 4.47. The summed E-state index contributed by atoms with van der Waals surface area (Å²) in [6, 6.07) is 13.3. The van der Waals surface area contributed by atoms with E-state index in [-0.39, 0.29) is 18.3 Å². The molecule has 2 heterocycles. The third-order valence-electron chi connectivity index (χ3n) is 4.44. The van der Waals surface area contributed by atoms with E-state index < -0.39 is 0 Å². The lowest BCUT2D eigenvalue weighted by atomic mass is 10.2. The maximum Gasteiger partial charge on any atom is 0.234 e. The van der Waals surface area contributed by atoms with E-state index in [1.54, 1.807) is 12.1 Å². The smallest absolute Gasteiger partial charge is 0.234 e. The van der Waals surface area contributed by atoms with Gasteiger partial charge in [0.2, 0.25) is 17.8 Å². The number of rotatable bonds is 5.